The molecule has 0 aliphatic carbocycles. The van der Waals surface area contributed by atoms with E-state index in [-0.39, 0.29) is 0 Å². The number of ether oxygens (including phenoxy) is 1. The highest BCUT2D eigenvalue weighted by molar-refractivity contribution is 5.28. The molecule has 0 bridgehead atoms. The SMILES string of the molecule is CCC(CC)C(C)NC(C)c1ccc(OC)cc1. The first-order chi connectivity index (χ1) is 8.62. The molecule has 2 atom stereocenters. The zero-order chi connectivity index (χ0) is 13.5. The van der Waals surface area contributed by atoms with Crippen molar-refractivity contribution in [3.63, 3.8) is 0 Å². The number of hydrogen-bond acceptors (Lipinski definition) is 2. The van der Waals surface area contributed by atoms with Crippen LogP contribution in [0.3, 0.4) is 0 Å². The van der Waals surface area contributed by atoms with Gasteiger partial charge >= 0.3 is 0 Å². The molecule has 0 saturated carbocycles. The minimum absolute atomic E-state index is 0.381. The van der Waals surface area contributed by atoms with Gasteiger partial charge in [0.15, 0.2) is 0 Å². The zero-order valence-electron chi connectivity index (χ0n) is 12.4. The smallest absolute Gasteiger partial charge is 0.118 e. The van der Waals surface area contributed by atoms with E-state index in [0.717, 1.165) is 11.7 Å². The molecule has 102 valence electrons. The maximum Gasteiger partial charge on any atom is 0.118 e. The maximum atomic E-state index is 5.18. The summed E-state index contributed by atoms with van der Waals surface area (Å²) >= 11 is 0. The Kier molecular flexibility index (Phi) is 6.20. The molecule has 2 nitrogen and oxygen atoms in total. The first-order valence-corrected chi connectivity index (χ1v) is 7.02. The zero-order valence-corrected chi connectivity index (χ0v) is 12.4. The molecule has 0 saturated heterocycles. The van der Waals surface area contributed by atoms with Crippen molar-refractivity contribution in [3.8, 4) is 5.75 Å². The Morgan fingerprint density at radius 2 is 1.61 bits per heavy atom. The molecule has 1 aromatic carbocycles. The van der Waals surface area contributed by atoms with Crippen molar-refractivity contribution in [2.45, 2.75) is 52.6 Å². The van der Waals surface area contributed by atoms with Gasteiger partial charge in [0.2, 0.25) is 0 Å². The summed E-state index contributed by atoms with van der Waals surface area (Å²) in [5, 5.41) is 3.69. The third kappa shape index (κ3) is 4.02. The summed E-state index contributed by atoms with van der Waals surface area (Å²) in [7, 11) is 1.70. The Labute approximate surface area is 112 Å². The van der Waals surface area contributed by atoms with Gasteiger partial charge in [-0.05, 0) is 37.5 Å². The molecule has 0 spiro atoms. The molecule has 1 rings (SSSR count). The average molecular weight is 249 g/mol. The fourth-order valence-corrected chi connectivity index (χ4v) is 2.52. The number of methoxy groups -OCH3 is 1. The number of nitrogens with one attached hydrogen (secondary N) is 1. The topological polar surface area (TPSA) is 21.3 Å². The van der Waals surface area contributed by atoms with Crippen molar-refractivity contribution in [1.82, 2.24) is 5.32 Å². The van der Waals surface area contributed by atoms with Crippen LogP contribution in [0.15, 0.2) is 24.3 Å². The Morgan fingerprint density at radius 1 is 1.06 bits per heavy atom. The minimum Gasteiger partial charge on any atom is -0.497 e. The van der Waals surface area contributed by atoms with E-state index in [0.29, 0.717) is 12.1 Å². The molecule has 1 N–H and O–H groups in total. The van der Waals surface area contributed by atoms with Gasteiger partial charge < -0.3 is 10.1 Å². The third-order valence-corrected chi connectivity index (χ3v) is 3.88. The van der Waals surface area contributed by atoms with E-state index in [4.69, 9.17) is 4.74 Å². The van der Waals surface area contributed by atoms with Crippen LogP contribution in [0, 0.1) is 5.92 Å². The van der Waals surface area contributed by atoms with E-state index in [1.54, 1.807) is 7.11 Å². The third-order valence-electron chi connectivity index (χ3n) is 3.88. The fourth-order valence-electron chi connectivity index (χ4n) is 2.52. The number of hydrogen-bond donors (Lipinski definition) is 1. The first-order valence-electron chi connectivity index (χ1n) is 7.02. The molecule has 0 radical (unpaired) electrons. The van der Waals surface area contributed by atoms with Gasteiger partial charge in [-0.2, -0.15) is 0 Å². The minimum atomic E-state index is 0.381. The second kappa shape index (κ2) is 7.42. The van der Waals surface area contributed by atoms with Crippen LogP contribution in [-0.2, 0) is 0 Å². The van der Waals surface area contributed by atoms with E-state index < -0.39 is 0 Å². The van der Waals surface area contributed by atoms with Crippen LogP contribution in [0.2, 0.25) is 0 Å². The van der Waals surface area contributed by atoms with E-state index in [9.17, 15) is 0 Å². The molecule has 0 aliphatic heterocycles. The normalized spacial score (nSPS) is 14.6. The standard InChI is InChI=1S/C16H27NO/c1-6-14(7-2)12(3)17-13(4)15-8-10-16(18-5)11-9-15/h8-14,17H,6-7H2,1-5H3. The van der Waals surface area contributed by atoms with Crippen LogP contribution < -0.4 is 10.1 Å². The monoisotopic (exact) mass is 249 g/mol. The average Bonchev–Trinajstić information content (AvgIpc) is 2.40. The summed E-state index contributed by atoms with van der Waals surface area (Å²) in [4.78, 5) is 0. The molecule has 0 fully saturated rings. The lowest BCUT2D eigenvalue weighted by Gasteiger charge is -2.26. The highest BCUT2D eigenvalue weighted by atomic mass is 16.5. The van der Waals surface area contributed by atoms with Gasteiger partial charge in [-0.15, -0.1) is 0 Å². The van der Waals surface area contributed by atoms with Crippen molar-refractivity contribution in [2.75, 3.05) is 7.11 Å². The predicted octanol–water partition coefficient (Wildman–Crippen LogP) is 4.17. The second-order valence-corrected chi connectivity index (χ2v) is 5.03. The molecule has 2 unspecified atom stereocenters. The Bertz CT molecular complexity index is 329. The van der Waals surface area contributed by atoms with Crippen molar-refractivity contribution in [3.05, 3.63) is 29.8 Å². The molecule has 1 aromatic rings. The van der Waals surface area contributed by atoms with E-state index in [2.05, 4.69) is 45.1 Å². The summed E-state index contributed by atoms with van der Waals surface area (Å²) in [6, 6.07) is 9.25. The predicted molar refractivity (Wildman–Crippen MR) is 78.1 cm³/mol. The van der Waals surface area contributed by atoms with Crippen molar-refractivity contribution < 1.29 is 4.74 Å². The lowest BCUT2D eigenvalue weighted by molar-refractivity contribution is 0.330. The van der Waals surface area contributed by atoms with Crippen molar-refractivity contribution in [2.24, 2.45) is 5.92 Å². The van der Waals surface area contributed by atoms with E-state index >= 15 is 0 Å². The van der Waals surface area contributed by atoms with Gasteiger partial charge in [0.05, 0.1) is 7.11 Å². The molecule has 0 heterocycles. The molecule has 0 aliphatic rings. The molecule has 0 amide bonds. The summed E-state index contributed by atoms with van der Waals surface area (Å²) < 4.78 is 5.18. The van der Waals surface area contributed by atoms with Crippen molar-refractivity contribution >= 4 is 0 Å². The van der Waals surface area contributed by atoms with E-state index in [1.807, 2.05) is 12.1 Å². The Balaban J connectivity index is 2.60. The van der Waals surface area contributed by atoms with Crippen LogP contribution in [0.5, 0.6) is 5.75 Å². The highest BCUT2D eigenvalue weighted by Gasteiger charge is 2.16. The summed E-state index contributed by atoms with van der Waals surface area (Å²) in [5.41, 5.74) is 1.31. The molecule has 2 heteroatoms. The lowest BCUT2D eigenvalue weighted by atomic mass is 9.94. The second-order valence-electron chi connectivity index (χ2n) is 5.03. The summed E-state index contributed by atoms with van der Waals surface area (Å²) in [5.74, 6) is 1.67. The van der Waals surface area contributed by atoms with Crippen molar-refractivity contribution in [1.29, 1.82) is 0 Å². The number of benzene rings is 1. The van der Waals surface area contributed by atoms with Gasteiger partial charge in [0.1, 0.15) is 5.75 Å². The maximum absolute atomic E-state index is 5.18. The van der Waals surface area contributed by atoms with Gasteiger partial charge in [-0.25, -0.2) is 0 Å². The fraction of sp³-hybridized carbons (Fsp3) is 0.625. The van der Waals surface area contributed by atoms with Gasteiger partial charge in [-0.1, -0.05) is 38.8 Å². The van der Waals surface area contributed by atoms with Crippen LogP contribution in [0.4, 0.5) is 0 Å². The van der Waals surface area contributed by atoms with E-state index in [1.165, 1.54) is 18.4 Å². The molecule has 0 aromatic heterocycles. The molecular weight excluding hydrogens is 222 g/mol. The molecule has 18 heavy (non-hydrogen) atoms. The van der Waals surface area contributed by atoms with Gasteiger partial charge in [-0.3, -0.25) is 0 Å². The van der Waals surface area contributed by atoms with Gasteiger partial charge in [0, 0.05) is 12.1 Å². The van der Waals surface area contributed by atoms with Crippen LogP contribution in [0.25, 0.3) is 0 Å². The number of rotatable bonds is 7. The van der Waals surface area contributed by atoms with Crippen LogP contribution in [-0.4, -0.2) is 13.2 Å². The van der Waals surface area contributed by atoms with Gasteiger partial charge in [0.25, 0.3) is 0 Å². The first kappa shape index (κ1) is 15.0. The van der Waals surface area contributed by atoms with Crippen LogP contribution in [0.1, 0.15) is 52.1 Å². The van der Waals surface area contributed by atoms with Crippen LogP contribution >= 0.6 is 0 Å². The quantitative estimate of drug-likeness (QED) is 0.783. The lowest BCUT2D eigenvalue weighted by Crippen LogP contribution is -2.34. The largest absolute Gasteiger partial charge is 0.497 e. The Morgan fingerprint density at radius 3 is 2.06 bits per heavy atom. The highest BCUT2D eigenvalue weighted by Crippen LogP contribution is 2.20. The Hall–Kier alpha value is -1.02. The summed E-state index contributed by atoms with van der Waals surface area (Å²) in [6.07, 6.45) is 2.47. The summed E-state index contributed by atoms with van der Waals surface area (Å²) in [6.45, 7) is 9.05. The molecular formula is C16H27NO.